The molecular weight excluding hydrogens is 512 g/mol. The Hall–Kier alpha value is 4.37. The Morgan fingerprint density at radius 3 is 0.200 bits per heavy atom. The molecule has 0 bridgehead atoms. The SMILES string of the molecule is [Fe+2].[Fe+2].[Fe+2].[Fe+2].[O-2].[O-2].[O-2].[O-2].[S-2].[S-2].[S-2].[S-2].[S-2].[S-2].[S-2]. The second kappa shape index (κ2) is 290. The average molecular weight is 512 g/mol. The molecule has 15 heteroatoms. The van der Waals surface area contributed by atoms with Crippen LogP contribution in [0, 0.1) is 0 Å². The van der Waals surface area contributed by atoms with Crippen molar-refractivity contribution in [3.63, 3.8) is 0 Å². The van der Waals surface area contributed by atoms with Gasteiger partial charge in [0.2, 0.25) is 0 Å². The van der Waals surface area contributed by atoms with E-state index in [1.54, 1.807) is 0 Å². The summed E-state index contributed by atoms with van der Waals surface area (Å²) in [5, 5.41) is 0. The summed E-state index contributed by atoms with van der Waals surface area (Å²) in [6.07, 6.45) is 0. The fourth-order valence-corrected chi connectivity index (χ4v) is 0. The fraction of sp³-hybridized carbons (Fsp3) is 0. The van der Waals surface area contributed by atoms with E-state index >= 15 is 0 Å². The molecule has 0 aromatic rings. The molecule has 0 aromatic heterocycles. The summed E-state index contributed by atoms with van der Waals surface area (Å²) in [6.45, 7) is 0. The van der Waals surface area contributed by atoms with E-state index in [1.165, 1.54) is 0 Å². The molecule has 0 aromatic carbocycles. The van der Waals surface area contributed by atoms with Crippen molar-refractivity contribution < 1.29 is 90.2 Å². The van der Waals surface area contributed by atoms with Gasteiger partial charge in [-0.3, -0.25) is 0 Å². The van der Waals surface area contributed by atoms with Crippen molar-refractivity contribution in [1.29, 1.82) is 0 Å². The Morgan fingerprint density at radius 1 is 0.200 bits per heavy atom. The Kier molecular flexibility index (Phi) is 6630. The van der Waals surface area contributed by atoms with Crippen LogP contribution in [0.3, 0.4) is 0 Å². The molecule has 0 saturated carbocycles. The molecule has 0 rings (SSSR count). The predicted molar refractivity (Wildman–Crippen MR) is 54.3 cm³/mol. The van der Waals surface area contributed by atoms with E-state index in [1.807, 2.05) is 0 Å². The van der Waals surface area contributed by atoms with Gasteiger partial charge in [-0.1, -0.05) is 0 Å². The summed E-state index contributed by atoms with van der Waals surface area (Å²) >= 11 is 0. The second-order valence-electron chi connectivity index (χ2n) is 0. The molecular formula is Fe4O4S7-14. The van der Waals surface area contributed by atoms with E-state index in [4.69, 9.17) is 0 Å². The summed E-state index contributed by atoms with van der Waals surface area (Å²) in [5.74, 6) is 0. The van der Waals surface area contributed by atoms with Crippen LogP contribution < -0.4 is 0 Å². The third-order valence-electron chi connectivity index (χ3n) is 0. The maximum atomic E-state index is 0. The molecule has 112 valence electrons. The maximum absolute atomic E-state index is 0. The van der Waals surface area contributed by atoms with Crippen LogP contribution in [-0.4, -0.2) is 0 Å². The van der Waals surface area contributed by atoms with Gasteiger partial charge in [-0.05, 0) is 0 Å². The van der Waals surface area contributed by atoms with Gasteiger partial charge in [0.1, 0.15) is 0 Å². The van der Waals surface area contributed by atoms with E-state index in [2.05, 4.69) is 0 Å². The zero-order valence-electron chi connectivity index (χ0n) is 5.90. The van der Waals surface area contributed by atoms with E-state index in [9.17, 15) is 0 Å². The summed E-state index contributed by atoms with van der Waals surface area (Å²) < 4.78 is 0. The average Bonchev–Trinajstić information content (AvgIpc) is 0. The van der Waals surface area contributed by atoms with Crippen LogP contribution in [-0.2, 0) is 185 Å². The fourth-order valence-electron chi connectivity index (χ4n) is 0. The van der Waals surface area contributed by atoms with Crippen molar-refractivity contribution in [2.45, 2.75) is 0 Å². The standard InChI is InChI=1S/4Fe.4O.7S/q4*+2;11*-2. The minimum atomic E-state index is 0. The zero-order valence-corrected chi connectivity index (χ0v) is 16.0. The molecule has 0 heterocycles. The number of hydrogen-bond acceptors (Lipinski definition) is 0. The topological polar surface area (TPSA) is 114 Å². The molecule has 0 aliphatic carbocycles. The Labute approximate surface area is 182 Å². The molecule has 0 aliphatic rings. The van der Waals surface area contributed by atoms with Gasteiger partial charge in [0.25, 0.3) is 0 Å². The minimum Gasteiger partial charge on any atom is -2.00 e. The zero-order chi connectivity index (χ0) is 0. The molecule has 0 fully saturated rings. The summed E-state index contributed by atoms with van der Waals surface area (Å²) in [5.41, 5.74) is 0. The smallest absolute Gasteiger partial charge is 2.00 e. The summed E-state index contributed by atoms with van der Waals surface area (Å²) in [6, 6.07) is 0. The van der Waals surface area contributed by atoms with Gasteiger partial charge in [-0.15, -0.1) is 0 Å². The normalized spacial score (nSPS) is 0. The first-order valence-corrected chi connectivity index (χ1v) is 0. The minimum absolute atomic E-state index is 0. The number of hydrogen-bond donors (Lipinski definition) is 0. The van der Waals surface area contributed by atoms with Crippen LogP contribution in [0.4, 0.5) is 0 Å². The van der Waals surface area contributed by atoms with Gasteiger partial charge in [0.15, 0.2) is 0 Å². The van der Waals surface area contributed by atoms with Crippen LogP contribution >= 0.6 is 0 Å². The molecule has 0 unspecified atom stereocenters. The summed E-state index contributed by atoms with van der Waals surface area (Å²) in [4.78, 5) is 0. The quantitative estimate of drug-likeness (QED) is 0.390. The first-order valence-electron chi connectivity index (χ1n) is 0. The molecule has 0 N–H and O–H groups in total. The van der Waals surface area contributed by atoms with Gasteiger partial charge >= 0.3 is 68.3 Å². The Bertz CT molecular complexity index is 23.0. The molecule has 0 amide bonds. The van der Waals surface area contributed by atoms with Crippen molar-refractivity contribution in [2.75, 3.05) is 0 Å². The van der Waals surface area contributed by atoms with Crippen LogP contribution in [0.1, 0.15) is 0 Å². The van der Waals surface area contributed by atoms with E-state index in [0.717, 1.165) is 0 Å². The van der Waals surface area contributed by atoms with Crippen molar-refractivity contribution in [1.82, 2.24) is 0 Å². The van der Waals surface area contributed by atoms with E-state index in [-0.39, 0.29) is 185 Å². The third kappa shape index (κ3) is 258. The van der Waals surface area contributed by atoms with Crippen molar-refractivity contribution >= 4 is 94.5 Å². The van der Waals surface area contributed by atoms with Crippen molar-refractivity contribution in [2.24, 2.45) is 0 Å². The van der Waals surface area contributed by atoms with Gasteiger partial charge in [-0.25, -0.2) is 0 Å². The van der Waals surface area contributed by atoms with E-state index in [0.29, 0.717) is 0 Å². The first kappa shape index (κ1) is 342. The van der Waals surface area contributed by atoms with Crippen LogP contribution in [0.25, 0.3) is 0 Å². The second-order valence-corrected chi connectivity index (χ2v) is 0. The van der Waals surface area contributed by atoms with E-state index < -0.39 is 0 Å². The third-order valence-corrected chi connectivity index (χ3v) is 0. The molecule has 0 atom stereocenters. The Balaban J connectivity index is 0. The van der Waals surface area contributed by atoms with Gasteiger partial charge in [0.05, 0.1) is 0 Å². The monoisotopic (exact) mass is 512 g/mol. The molecule has 0 saturated heterocycles. The van der Waals surface area contributed by atoms with Crippen LogP contribution in [0.15, 0.2) is 0 Å². The molecule has 0 aliphatic heterocycles. The molecule has 0 radical (unpaired) electrons. The van der Waals surface area contributed by atoms with Crippen molar-refractivity contribution in [3.05, 3.63) is 0 Å². The Morgan fingerprint density at radius 2 is 0.200 bits per heavy atom. The van der Waals surface area contributed by atoms with Gasteiger partial charge in [-0.2, -0.15) is 0 Å². The molecule has 0 spiro atoms. The van der Waals surface area contributed by atoms with Gasteiger partial charge in [0, 0.05) is 0 Å². The van der Waals surface area contributed by atoms with Crippen molar-refractivity contribution in [3.8, 4) is 0 Å². The van der Waals surface area contributed by atoms with Crippen LogP contribution in [0.5, 0.6) is 0 Å². The first-order chi connectivity index (χ1) is 0. The van der Waals surface area contributed by atoms with Crippen LogP contribution in [0.2, 0.25) is 0 Å². The van der Waals surface area contributed by atoms with Gasteiger partial charge < -0.3 is 116 Å². The largest absolute Gasteiger partial charge is 2.00 e. The maximum Gasteiger partial charge on any atom is 2.00 e. The summed E-state index contributed by atoms with van der Waals surface area (Å²) in [7, 11) is 0. The molecule has 4 nitrogen and oxygen atoms in total. The predicted octanol–water partition coefficient (Wildman–Crippen LogP) is -0.502. The molecule has 15 heavy (non-hydrogen) atoms. The number of rotatable bonds is 0.